The van der Waals surface area contributed by atoms with Gasteiger partial charge < -0.3 is 14.3 Å². The Kier molecular flexibility index (Phi) is 7.49. The van der Waals surface area contributed by atoms with Crippen LogP contribution in [0, 0.1) is 0 Å². The van der Waals surface area contributed by atoms with Crippen molar-refractivity contribution in [3.63, 3.8) is 0 Å². The quantitative estimate of drug-likeness (QED) is 0.575. The van der Waals surface area contributed by atoms with Gasteiger partial charge in [0.2, 0.25) is 0 Å². The summed E-state index contributed by atoms with van der Waals surface area (Å²) in [6.45, 7) is 15.8. The summed E-state index contributed by atoms with van der Waals surface area (Å²) in [5.41, 5.74) is -0.876. The highest BCUT2D eigenvalue weighted by atomic mass is 28.4. The van der Waals surface area contributed by atoms with Crippen LogP contribution in [0.25, 0.3) is 0 Å². The summed E-state index contributed by atoms with van der Waals surface area (Å²) in [4.78, 5) is 14.4. The van der Waals surface area contributed by atoms with E-state index >= 15 is 0 Å². The molecule has 9 heteroatoms. The first-order valence-electron chi connectivity index (χ1n) is 10.8. The minimum atomic E-state index is -4.42. The number of halogens is 3. The number of nitrogens with zero attached hydrogens (tertiary/aromatic N) is 1. The maximum Gasteiger partial charge on any atom is 0.416 e. The summed E-state index contributed by atoms with van der Waals surface area (Å²) in [7, 11) is -2.24. The fourth-order valence-electron chi connectivity index (χ4n) is 3.36. The molecule has 1 aromatic rings. The van der Waals surface area contributed by atoms with Crippen molar-refractivity contribution in [1.29, 1.82) is 0 Å². The maximum atomic E-state index is 12.9. The summed E-state index contributed by atoms with van der Waals surface area (Å²) in [5, 5.41) is 11.0. The third-order valence-electron chi connectivity index (χ3n) is 6.16. The summed E-state index contributed by atoms with van der Waals surface area (Å²) in [6.07, 6.45) is -6.39. The van der Waals surface area contributed by atoms with Crippen LogP contribution in [-0.4, -0.2) is 54.8 Å². The zero-order valence-corrected chi connectivity index (χ0v) is 21.2. The Morgan fingerprint density at radius 3 is 2.06 bits per heavy atom. The van der Waals surface area contributed by atoms with Gasteiger partial charge in [-0.25, -0.2) is 4.79 Å². The number of benzene rings is 1. The smallest absolute Gasteiger partial charge is 0.416 e. The van der Waals surface area contributed by atoms with Crippen LogP contribution in [0.5, 0.6) is 0 Å². The highest BCUT2D eigenvalue weighted by Crippen LogP contribution is 2.39. The SMILES string of the molecule is CC(C)(C)OC(=O)N1C[C@H](O[Si](C)(C)C(C)(C)C)[C@@H](O)[C@H]1Cc1ccc(C(F)(F)F)cc1. The lowest BCUT2D eigenvalue weighted by Gasteiger charge is -2.39. The Balaban J connectivity index is 2.29. The summed E-state index contributed by atoms with van der Waals surface area (Å²) in [6, 6.07) is 4.11. The maximum absolute atomic E-state index is 12.9. The molecule has 1 N–H and O–H groups in total. The summed E-state index contributed by atoms with van der Waals surface area (Å²) < 4.78 is 50.6. The van der Waals surface area contributed by atoms with Gasteiger partial charge in [0.1, 0.15) is 11.7 Å². The van der Waals surface area contributed by atoms with E-state index in [2.05, 4.69) is 33.9 Å². The summed E-state index contributed by atoms with van der Waals surface area (Å²) >= 11 is 0. The number of aliphatic hydroxyl groups excluding tert-OH is 1. The summed E-state index contributed by atoms with van der Waals surface area (Å²) in [5.74, 6) is 0. The Morgan fingerprint density at radius 2 is 1.62 bits per heavy atom. The monoisotopic (exact) mass is 475 g/mol. The van der Waals surface area contributed by atoms with Gasteiger partial charge in [-0.2, -0.15) is 13.2 Å². The van der Waals surface area contributed by atoms with Crippen LogP contribution in [-0.2, 0) is 21.8 Å². The Labute approximate surface area is 190 Å². The van der Waals surface area contributed by atoms with E-state index in [1.165, 1.54) is 17.0 Å². The molecule has 1 aliphatic heterocycles. The fraction of sp³-hybridized carbons (Fsp3) is 0.696. The number of aliphatic hydroxyl groups is 1. The molecule has 2 rings (SSSR count). The third kappa shape index (κ3) is 6.48. The van der Waals surface area contributed by atoms with E-state index in [4.69, 9.17) is 9.16 Å². The molecule has 1 saturated heterocycles. The van der Waals surface area contributed by atoms with E-state index in [0.717, 1.165) is 12.1 Å². The van der Waals surface area contributed by atoms with Crippen molar-refractivity contribution >= 4 is 14.4 Å². The predicted octanol–water partition coefficient (Wildman–Crippen LogP) is 5.62. The molecule has 5 nitrogen and oxygen atoms in total. The van der Waals surface area contributed by atoms with Crippen LogP contribution < -0.4 is 0 Å². The first-order chi connectivity index (χ1) is 14.3. The Morgan fingerprint density at radius 1 is 1.09 bits per heavy atom. The molecular formula is C23H36F3NO4Si. The van der Waals surface area contributed by atoms with Gasteiger partial charge in [-0.15, -0.1) is 0 Å². The average molecular weight is 476 g/mol. The first-order valence-corrected chi connectivity index (χ1v) is 13.7. The highest BCUT2D eigenvalue weighted by molar-refractivity contribution is 6.74. The van der Waals surface area contributed by atoms with Gasteiger partial charge in [0.15, 0.2) is 8.32 Å². The van der Waals surface area contributed by atoms with E-state index in [1.807, 2.05) is 0 Å². The van der Waals surface area contributed by atoms with Crippen molar-refractivity contribution in [1.82, 2.24) is 4.90 Å². The van der Waals surface area contributed by atoms with Gasteiger partial charge in [-0.05, 0) is 63.0 Å². The van der Waals surface area contributed by atoms with Crippen LogP contribution in [0.1, 0.15) is 52.7 Å². The lowest BCUT2D eigenvalue weighted by Crippen LogP contribution is -2.47. The number of hydrogen-bond donors (Lipinski definition) is 1. The molecule has 1 aromatic carbocycles. The van der Waals surface area contributed by atoms with Crippen molar-refractivity contribution < 1.29 is 32.2 Å². The number of carbonyl (C=O) groups excluding carboxylic acids is 1. The molecule has 1 heterocycles. The molecule has 0 unspecified atom stereocenters. The standard InChI is InChI=1S/C23H36F3NO4Si/c1-21(2,3)30-20(29)27-14-18(31-32(7,8)22(4,5)6)19(28)17(27)13-15-9-11-16(12-10-15)23(24,25)26/h9-12,17-19,28H,13-14H2,1-8H3/t17-,18+,19+/m1/s1. The zero-order valence-electron chi connectivity index (χ0n) is 20.2. The van der Waals surface area contributed by atoms with Gasteiger partial charge >= 0.3 is 12.3 Å². The van der Waals surface area contributed by atoms with Crippen molar-refractivity contribution in [3.8, 4) is 0 Å². The number of alkyl halides is 3. The van der Waals surface area contributed by atoms with E-state index < -0.39 is 50.0 Å². The zero-order chi connectivity index (χ0) is 24.7. The molecule has 182 valence electrons. The van der Waals surface area contributed by atoms with Gasteiger partial charge in [-0.1, -0.05) is 32.9 Å². The van der Waals surface area contributed by atoms with E-state index in [9.17, 15) is 23.1 Å². The van der Waals surface area contributed by atoms with Gasteiger partial charge in [0, 0.05) is 0 Å². The van der Waals surface area contributed by atoms with Crippen molar-refractivity contribution in [2.24, 2.45) is 0 Å². The van der Waals surface area contributed by atoms with E-state index in [1.54, 1.807) is 20.8 Å². The highest BCUT2D eigenvalue weighted by Gasteiger charge is 2.49. The second-order valence-electron chi connectivity index (χ2n) is 11.0. The number of carbonyl (C=O) groups is 1. The predicted molar refractivity (Wildman–Crippen MR) is 120 cm³/mol. The Bertz CT molecular complexity index is 797. The molecular weight excluding hydrogens is 439 g/mol. The molecule has 32 heavy (non-hydrogen) atoms. The number of amides is 1. The minimum Gasteiger partial charge on any atom is -0.444 e. The number of hydrogen-bond acceptors (Lipinski definition) is 4. The van der Waals surface area contributed by atoms with Crippen LogP contribution in [0.3, 0.4) is 0 Å². The normalized spacial score (nSPS) is 22.9. The number of likely N-dealkylation sites (tertiary alicyclic amines) is 1. The van der Waals surface area contributed by atoms with E-state index in [-0.39, 0.29) is 18.0 Å². The largest absolute Gasteiger partial charge is 0.444 e. The molecule has 0 spiro atoms. The molecule has 0 aliphatic carbocycles. The number of rotatable bonds is 4. The third-order valence-corrected chi connectivity index (χ3v) is 10.7. The van der Waals surface area contributed by atoms with Crippen molar-refractivity contribution in [2.45, 2.75) is 96.1 Å². The molecule has 0 radical (unpaired) electrons. The molecule has 0 saturated carbocycles. The van der Waals surface area contributed by atoms with Crippen molar-refractivity contribution in [2.75, 3.05) is 6.54 Å². The molecule has 0 bridgehead atoms. The van der Waals surface area contributed by atoms with Crippen LogP contribution >= 0.6 is 0 Å². The molecule has 1 amide bonds. The lowest BCUT2D eigenvalue weighted by atomic mass is 10.00. The van der Waals surface area contributed by atoms with Gasteiger partial charge in [-0.3, -0.25) is 4.90 Å². The first kappa shape index (κ1) is 26.7. The second-order valence-corrected chi connectivity index (χ2v) is 15.8. The molecule has 1 fully saturated rings. The molecule has 0 aromatic heterocycles. The van der Waals surface area contributed by atoms with Gasteiger partial charge in [0.25, 0.3) is 0 Å². The Hall–Kier alpha value is -1.58. The topological polar surface area (TPSA) is 59.0 Å². The molecule has 3 atom stereocenters. The average Bonchev–Trinajstić information content (AvgIpc) is 2.88. The molecule has 1 aliphatic rings. The fourth-order valence-corrected chi connectivity index (χ4v) is 4.69. The van der Waals surface area contributed by atoms with Crippen molar-refractivity contribution in [3.05, 3.63) is 35.4 Å². The van der Waals surface area contributed by atoms with Crippen LogP contribution in [0.2, 0.25) is 18.1 Å². The van der Waals surface area contributed by atoms with Crippen LogP contribution in [0.15, 0.2) is 24.3 Å². The second kappa shape index (κ2) is 8.99. The number of ether oxygens (including phenoxy) is 1. The van der Waals surface area contributed by atoms with Crippen LogP contribution in [0.4, 0.5) is 18.0 Å². The van der Waals surface area contributed by atoms with E-state index in [0.29, 0.717) is 5.56 Å². The van der Waals surface area contributed by atoms with Gasteiger partial charge in [0.05, 0.1) is 24.3 Å². The lowest BCUT2D eigenvalue weighted by molar-refractivity contribution is -0.137. The minimum absolute atomic E-state index is 0.0883.